The highest BCUT2D eigenvalue weighted by atomic mass is 16.5. The van der Waals surface area contributed by atoms with E-state index in [-0.39, 0.29) is 0 Å². The number of nitrogens with zero attached hydrogens (tertiary/aromatic N) is 3. The van der Waals surface area contributed by atoms with Crippen molar-refractivity contribution < 1.29 is 4.74 Å². The summed E-state index contributed by atoms with van der Waals surface area (Å²) in [6.07, 6.45) is 2.62. The molecule has 0 aliphatic carbocycles. The maximum absolute atomic E-state index is 5.64. The lowest BCUT2D eigenvalue weighted by molar-refractivity contribution is 0.120. The van der Waals surface area contributed by atoms with Gasteiger partial charge in [-0.3, -0.25) is 0 Å². The number of anilines is 1. The summed E-state index contributed by atoms with van der Waals surface area (Å²) in [6, 6.07) is 2.04. The second-order valence-corrected chi connectivity index (χ2v) is 5.24. The van der Waals surface area contributed by atoms with Crippen molar-refractivity contribution in [3.05, 3.63) is 23.0 Å². The predicted molar refractivity (Wildman–Crippen MR) is 74.7 cm³/mol. The molecule has 1 N–H and O–H groups in total. The van der Waals surface area contributed by atoms with E-state index in [1.807, 2.05) is 24.4 Å². The molecule has 1 saturated heterocycles. The molecule has 3 rings (SSSR count). The van der Waals surface area contributed by atoms with Gasteiger partial charge in [0, 0.05) is 30.5 Å². The van der Waals surface area contributed by atoms with Gasteiger partial charge in [0.2, 0.25) is 0 Å². The van der Waals surface area contributed by atoms with Crippen molar-refractivity contribution in [2.75, 3.05) is 18.5 Å². The Bertz CT molecular complexity index is 599. The third-order valence-corrected chi connectivity index (χ3v) is 3.72. The van der Waals surface area contributed by atoms with E-state index < -0.39 is 0 Å². The first-order valence-electron chi connectivity index (χ1n) is 6.84. The zero-order valence-electron chi connectivity index (χ0n) is 11.7. The van der Waals surface area contributed by atoms with Gasteiger partial charge in [0.15, 0.2) is 5.65 Å². The van der Waals surface area contributed by atoms with Crippen LogP contribution in [0.4, 0.5) is 5.82 Å². The second-order valence-electron chi connectivity index (χ2n) is 5.24. The molecule has 0 aromatic carbocycles. The number of rotatable bonds is 3. The smallest absolute Gasteiger partial charge is 0.160 e. The third kappa shape index (κ3) is 2.30. The molecule has 1 aliphatic rings. The Hall–Kier alpha value is -1.62. The summed E-state index contributed by atoms with van der Waals surface area (Å²) in [6.45, 7) is 7.81. The minimum absolute atomic E-state index is 0.321. The van der Waals surface area contributed by atoms with E-state index in [9.17, 15) is 0 Å². The number of hydrogen-bond donors (Lipinski definition) is 1. The van der Waals surface area contributed by atoms with E-state index in [2.05, 4.69) is 22.3 Å². The van der Waals surface area contributed by atoms with E-state index in [0.29, 0.717) is 6.10 Å². The third-order valence-electron chi connectivity index (χ3n) is 3.72. The Morgan fingerprint density at radius 1 is 1.42 bits per heavy atom. The quantitative estimate of drug-likeness (QED) is 0.919. The molecule has 0 bridgehead atoms. The zero-order valence-corrected chi connectivity index (χ0v) is 11.7. The van der Waals surface area contributed by atoms with Crippen molar-refractivity contribution in [3.8, 4) is 0 Å². The van der Waals surface area contributed by atoms with Crippen LogP contribution in [0.5, 0.6) is 0 Å². The number of nitrogens with one attached hydrogen (secondary N) is 1. The van der Waals surface area contributed by atoms with Gasteiger partial charge in [0.25, 0.3) is 0 Å². The molecule has 2 aromatic rings. The lowest BCUT2D eigenvalue weighted by Gasteiger charge is -2.13. The highest BCUT2D eigenvalue weighted by Crippen LogP contribution is 2.19. The lowest BCUT2D eigenvalue weighted by Crippen LogP contribution is -2.20. The van der Waals surface area contributed by atoms with Crippen molar-refractivity contribution >= 4 is 11.5 Å². The van der Waals surface area contributed by atoms with Crippen LogP contribution in [0.1, 0.15) is 29.8 Å². The van der Waals surface area contributed by atoms with Gasteiger partial charge in [-0.25, -0.2) is 4.98 Å². The van der Waals surface area contributed by atoms with E-state index >= 15 is 0 Å². The van der Waals surface area contributed by atoms with Crippen LogP contribution in [0.2, 0.25) is 0 Å². The molecule has 102 valence electrons. The minimum Gasteiger partial charge on any atom is -0.376 e. The molecule has 3 heterocycles. The van der Waals surface area contributed by atoms with Gasteiger partial charge in [-0.15, -0.1) is 0 Å². The van der Waals surface area contributed by atoms with Crippen molar-refractivity contribution in [2.45, 2.75) is 39.7 Å². The summed E-state index contributed by atoms with van der Waals surface area (Å²) < 4.78 is 7.53. The first-order valence-corrected chi connectivity index (χ1v) is 6.84. The highest BCUT2D eigenvalue weighted by Gasteiger charge is 2.16. The zero-order chi connectivity index (χ0) is 13.4. The van der Waals surface area contributed by atoms with Gasteiger partial charge in [-0.05, 0) is 33.6 Å². The molecular formula is C14H20N4O. The van der Waals surface area contributed by atoms with Gasteiger partial charge in [0.1, 0.15) is 5.82 Å². The Labute approximate surface area is 113 Å². The summed E-state index contributed by atoms with van der Waals surface area (Å²) >= 11 is 0. The maximum atomic E-state index is 5.64. The molecule has 19 heavy (non-hydrogen) atoms. The van der Waals surface area contributed by atoms with Crippen molar-refractivity contribution in [2.24, 2.45) is 0 Å². The fraction of sp³-hybridized carbons (Fsp3) is 0.571. The Morgan fingerprint density at radius 2 is 2.26 bits per heavy atom. The van der Waals surface area contributed by atoms with E-state index in [1.54, 1.807) is 0 Å². The summed E-state index contributed by atoms with van der Waals surface area (Å²) in [7, 11) is 0. The average Bonchev–Trinajstić information content (AvgIpc) is 2.98. The average molecular weight is 260 g/mol. The van der Waals surface area contributed by atoms with Crippen LogP contribution >= 0.6 is 0 Å². The molecule has 0 spiro atoms. The molecule has 1 fully saturated rings. The standard InChI is InChI=1S/C14H20N4O/c1-9-7-13(15-8-12-5-4-6-19-12)18-14(16-9)10(2)11(3)17-18/h7,12,15H,4-6,8H2,1-3H3/t12-/m1/s1. The van der Waals surface area contributed by atoms with Crippen LogP contribution in [0.25, 0.3) is 5.65 Å². The molecule has 5 nitrogen and oxygen atoms in total. The number of fused-ring (bicyclic) bond motifs is 1. The fourth-order valence-electron chi connectivity index (χ4n) is 2.50. The number of hydrogen-bond acceptors (Lipinski definition) is 4. The molecule has 5 heteroatoms. The van der Waals surface area contributed by atoms with E-state index in [1.165, 1.54) is 0 Å². The van der Waals surface area contributed by atoms with Gasteiger partial charge in [-0.1, -0.05) is 0 Å². The van der Waals surface area contributed by atoms with Crippen LogP contribution in [0.15, 0.2) is 6.07 Å². The van der Waals surface area contributed by atoms with Crippen molar-refractivity contribution in [3.63, 3.8) is 0 Å². The van der Waals surface area contributed by atoms with E-state index in [4.69, 9.17) is 4.74 Å². The number of aryl methyl sites for hydroxylation is 3. The molecule has 0 amide bonds. The second kappa shape index (κ2) is 4.81. The normalized spacial score (nSPS) is 19.2. The van der Waals surface area contributed by atoms with Crippen LogP contribution in [0.3, 0.4) is 0 Å². The van der Waals surface area contributed by atoms with E-state index in [0.717, 1.165) is 54.4 Å². The summed E-state index contributed by atoms with van der Waals surface area (Å²) in [5.41, 5.74) is 4.11. The Balaban J connectivity index is 1.91. The maximum Gasteiger partial charge on any atom is 0.160 e. The van der Waals surface area contributed by atoms with Crippen LogP contribution in [-0.4, -0.2) is 33.9 Å². The van der Waals surface area contributed by atoms with Crippen molar-refractivity contribution in [1.29, 1.82) is 0 Å². The molecule has 0 saturated carbocycles. The largest absolute Gasteiger partial charge is 0.376 e. The summed E-state index contributed by atoms with van der Waals surface area (Å²) in [5.74, 6) is 0.995. The summed E-state index contributed by atoms with van der Waals surface area (Å²) in [5, 5.41) is 8.00. The first kappa shape index (κ1) is 12.4. The van der Waals surface area contributed by atoms with Gasteiger partial charge in [-0.2, -0.15) is 9.61 Å². The Kier molecular flexibility index (Phi) is 3.14. The summed E-state index contributed by atoms with van der Waals surface area (Å²) in [4.78, 5) is 4.57. The topological polar surface area (TPSA) is 51.5 Å². The Morgan fingerprint density at radius 3 is 3.00 bits per heavy atom. The van der Waals surface area contributed by atoms with Crippen LogP contribution in [-0.2, 0) is 4.74 Å². The number of aromatic nitrogens is 3. The van der Waals surface area contributed by atoms with Gasteiger partial charge >= 0.3 is 0 Å². The number of ether oxygens (including phenoxy) is 1. The predicted octanol–water partition coefficient (Wildman–Crippen LogP) is 2.25. The van der Waals surface area contributed by atoms with Gasteiger partial charge in [0.05, 0.1) is 11.8 Å². The molecule has 1 aliphatic heterocycles. The van der Waals surface area contributed by atoms with Crippen LogP contribution < -0.4 is 5.32 Å². The first-order chi connectivity index (χ1) is 9.15. The molecule has 0 radical (unpaired) electrons. The highest BCUT2D eigenvalue weighted by molar-refractivity contribution is 5.55. The minimum atomic E-state index is 0.321. The van der Waals surface area contributed by atoms with Crippen molar-refractivity contribution in [1.82, 2.24) is 14.6 Å². The molecule has 0 unspecified atom stereocenters. The SMILES string of the molecule is Cc1cc(NC[C@H]2CCCO2)n2nc(C)c(C)c2n1. The van der Waals surface area contributed by atoms with Gasteiger partial charge < -0.3 is 10.1 Å². The monoisotopic (exact) mass is 260 g/mol. The fourth-order valence-corrected chi connectivity index (χ4v) is 2.50. The lowest BCUT2D eigenvalue weighted by atomic mass is 10.2. The molecule has 1 atom stereocenters. The van der Waals surface area contributed by atoms with Crippen LogP contribution in [0, 0.1) is 20.8 Å². The molecule has 2 aromatic heterocycles. The molecular weight excluding hydrogens is 240 g/mol.